The number of alkyl halides is 4. The molecule has 170 valence electrons. The predicted octanol–water partition coefficient (Wildman–Crippen LogP) is 8.40. The number of rotatable bonds is 10. The number of aryl methyl sites for hydroxylation is 1. The zero-order chi connectivity index (χ0) is 23.2. The van der Waals surface area contributed by atoms with Crippen molar-refractivity contribution in [3.8, 4) is 16.9 Å². The minimum absolute atomic E-state index is 0.106. The Kier molecular flexibility index (Phi) is 7.88. The normalized spacial score (nSPS) is 12.1. The van der Waals surface area contributed by atoms with E-state index in [9.17, 15) is 17.6 Å². The summed E-state index contributed by atoms with van der Waals surface area (Å²) in [6.07, 6.45) is 1.000. The Morgan fingerprint density at radius 3 is 1.91 bits per heavy atom. The van der Waals surface area contributed by atoms with E-state index in [0.717, 1.165) is 35.3 Å². The maximum Gasteiger partial charge on any atom is 0.360 e. The highest BCUT2D eigenvalue weighted by Gasteiger charge is 2.56. The summed E-state index contributed by atoms with van der Waals surface area (Å²) in [6, 6.07) is 19.9. The molecule has 0 amide bonds. The molecule has 0 saturated carbocycles. The highest BCUT2D eigenvalue weighted by Crippen LogP contribution is 2.48. The summed E-state index contributed by atoms with van der Waals surface area (Å²) < 4.78 is 63.3. The Balaban J connectivity index is 1.65. The van der Waals surface area contributed by atoms with Crippen LogP contribution < -0.4 is 4.74 Å². The summed E-state index contributed by atoms with van der Waals surface area (Å²) in [4.78, 5) is 0.109. The third-order valence-electron chi connectivity index (χ3n) is 5.03. The fourth-order valence-electron chi connectivity index (χ4n) is 3.08. The molecular weight excluding hydrogens is 436 g/mol. The molecule has 0 atom stereocenters. The standard InChI is InChI=1S/C26H26F4OS/c1-3-4-17-31-23-13-11-22(12-14-23)21-9-7-20(8-10-21)18-25(27,28)26(29,30)32-24-15-5-19(2)6-16-24/h5-16H,3-4,17-18H2,1-2H3. The molecule has 3 aromatic carbocycles. The van der Waals surface area contributed by atoms with Gasteiger partial charge in [0.05, 0.1) is 6.61 Å². The van der Waals surface area contributed by atoms with E-state index in [1.165, 1.54) is 24.3 Å². The molecule has 0 unspecified atom stereocenters. The molecule has 0 radical (unpaired) electrons. The molecule has 1 nitrogen and oxygen atoms in total. The van der Waals surface area contributed by atoms with Gasteiger partial charge in [-0.3, -0.25) is 0 Å². The van der Waals surface area contributed by atoms with E-state index >= 15 is 0 Å². The monoisotopic (exact) mass is 462 g/mol. The first-order chi connectivity index (χ1) is 15.2. The summed E-state index contributed by atoms with van der Waals surface area (Å²) in [5.41, 5.74) is 2.75. The molecule has 0 spiro atoms. The van der Waals surface area contributed by atoms with E-state index in [1.807, 2.05) is 24.3 Å². The SMILES string of the molecule is CCCCOc1ccc(-c2ccc(CC(F)(F)C(F)(F)Sc3ccc(C)cc3)cc2)cc1. The molecular formula is C26H26F4OS. The van der Waals surface area contributed by atoms with Crippen LogP contribution in [0.3, 0.4) is 0 Å². The van der Waals surface area contributed by atoms with Gasteiger partial charge in [-0.05, 0) is 66.1 Å². The van der Waals surface area contributed by atoms with Crippen molar-refractivity contribution >= 4 is 11.8 Å². The molecule has 0 saturated heterocycles. The third kappa shape index (κ3) is 6.28. The second kappa shape index (κ2) is 10.4. The van der Waals surface area contributed by atoms with Gasteiger partial charge in [0, 0.05) is 11.3 Å². The van der Waals surface area contributed by atoms with Gasteiger partial charge in [0.25, 0.3) is 0 Å². The van der Waals surface area contributed by atoms with Crippen LogP contribution in [0.2, 0.25) is 0 Å². The maximum atomic E-state index is 14.5. The maximum absolute atomic E-state index is 14.5. The lowest BCUT2D eigenvalue weighted by atomic mass is 10.0. The van der Waals surface area contributed by atoms with Crippen molar-refractivity contribution in [1.82, 2.24) is 0 Å². The number of halogens is 4. The summed E-state index contributed by atoms with van der Waals surface area (Å²) in [5, 5.41) is -4.23. The van der Waals surface area contributed by atoms with Gasteiger partial charge in [-0.15, -0.1) is 0 Å². The first-order valence-electron chi connectivity index (χ1n) is 10.5. The average molecular weight is 463 g/mol. The Bertz CT molecular complexity index is 984. The number of thioether (sulfide) groups is 1. The van der Waals surface area contributed by atoms with Crippen LogP contribution in [0.1, 0.15) is 30.9 Å². The second-order valence-corrected chi connectivity index (χ2v) is 8.92. The van der Waals surface area contributed by atoms with Crippen LogP contribution in [0.4, 0.5) is 17.6 Å². The third-order valence-corrected chi connectivity index (χ3v) is 6.09. The molecule has 0 aliphatic carbocycles. The minimum Gasteiger partial charge on any atom is -0.494 e. The van der Waals surface area contributed by atoms with Crippen LogP contribution in [-0.4, -0.2) is 17.8 Å². The Morgan fingerprint density at radius 1 is 0.781 bits per heavy atom. The molecule has 0 aromatic heterocycles. The number of hydrogen-bond acceptors (Lipinski definition) is 2. The first kappa shape index (κ1) is 24.2. The molecule has 0 heterocycles. The van der Waals surface area contributed by atoms with E-state index in [0.29, 0.717) is 6.61 Å². The molecule has 0 bridgehead atoms. The lowest BCUT2D eigenvalue weighted by molar-refractivity contribution is -0.150. The van der Waals surface area contributed by atoms with Gasteiger partial charge in [0.1, 0.15) is 5.75 Å². The second-order valence-electron chi connectivity index (χ2n) is 7.74. The van der Waals surface area contributed by atoms with Crippen molar-refractivity contribution in [3.05, 3.63) is 83.9 Å². The molecule has 0 fully saturated rings. The summed E-state index contributed by atoms with van der Waals surface area (Å²) in [6.45, 7) is 4.56. The van der Waals surface area contributed by atoms with E-state index < -0.39 is 17.6 Å². The van der Waals surface area contributed by atoms with Crippen molar-refractivity contribution < 1.29 is 22.3 Å². The van der Waals surface area contributed by atoms with Gasteiger partial charge in [-0.25, -0.2) is 0 Å². The molecule has 32 heavy (non-hydrogen) atoms. The van der Waals surface area contributed by atoms with Crippen LogP contribution in [0.15, 0.2) is 77.7 Å². The van der Waals surface area contributed by atoms with Crippen molar-refractivity contribution in [2.24, 2.45) is 0 Å². The van der Waals surface area contributed by atoms with E-state index in [1.54, 1.807) is 31.2 Å². The van der Waals surface area contributed by atoms with Crippen LogP contribution in [0, 0.1) is 6.92 Å². The topological polar surface area (TPSA) is 9.23 Å². The quantitative estimate of drug-likeness (QED) is 0.170. The van der Waals surface area contributed by atoms with Gasteiger partial charge in [0.15, 0.2) is 0 Å². The smallest absolute Gasteiger partial charge is 0.360 e. The largest absolute Gasteiger partial charge is 0.494 e. The van der Waals surface area contributed by atoms with Gasteiger partial charge in [0.2, 0.25) is 0 Å². The lowest BCUT2D eigenvalue weighted by Crippen LogP contribution is -2.39. The summed E-state index contributed by atoms with van der Waals surface area (Å²) in [5.74, 6) is -3.42. The van der Waals surface area contributed by atoms with Crippen molar-refractivity contribution in [3.63, 3.8) is 0 Å². The Labute approximate surface area is 190 Å². The summed E-state index contributed by atoms with van der Waals surface area (Å²) >= 11 is -0.106. The Morgan fingerprint density at radius 2 is 1.34 bits per heavy atom. The van der Waals surface area contributed by atoms with E-state index in [4.69, 9.17) is 4.74 Å². The fraction of sp³-hybridized carbons (Fsp3) is 0.308. The molecule has 0 aliphatic heterocycles. The predicted molar refractivity (Wildman–Crippen MR) is 123 cm³/mol. The summed E-state index contributed by atoms with van der Waals surface area (Å²) in [7, 11) is 0. The van der Waals surface area contributed by atoms with Crippen LogP contribution in [0.5, 0.6) is 5.75 Å². The molecule has 6 heteroatoms. The van der Waals surface area contributed by atoms with Gasteiger partial charge >= 0.3 is 11.2 Å². The lowest BCUT2D eigenvalue weighted by Gasteiger charge is -2.26. The van der Waals surface area contributed by atoms with E-state index in [2.05, 4.69) is 6.92 Å². The van der Waals surface area contributed by atoms with Crippen molar-refractivity contribution in [2.75, 3.05) is 6.61 Å². The van der Waals surface area contributed by atoms with Crippen molar-refractivity contribution in [2.45, 2.75) is 49.2 Å². The number of ether oxygens (including phenoxy) is 1. The van der Waals surface area contributed by atoms with E-state index in [-0.39, 0.29) is 22.2 Å². The van der Waals surface area contributed by atoms with Crippen LogP contribution in [-0.2, 0) is 6.42 Å². The fourth-order valence-corrected chi connectivity index (χ4v) is 3.87. The van der Waals surface area contributed by atoms with Gasteiger partial charge in [-0.2, -0.15) is 17.6 Å². The molecule has 3 aromatic rings. The van der Waals surface area contributed by atoms with Gasteiger partial charge < -0.3 is 4.74 Å². The van der Waals surface area contributed by atoms with Gasteiger partial charge in [-0.1, -0.05) is 67.4 Å². The first-order valence-corrected chi connectivity index (χ1v) is 11.4. The van der Waals surface area contributed by atoms with Crippen LogP contribution >= 0.6 is 11.8 Å². The number of benzene rings is 3. The minimum atomic E-state index is -4.23. The molecule has 0 aliphatic rings. The molecule has 3 rings (SSSR count). The molecule has 0 N–H and O–H groups in total. The zero-order valence-corrected chi connectivity index (χ0v) is 18.9. The highest BCUT2D eigenvalue weighted by atomic mass is 32.2. The van der Waals surface area contributed by atoms with Crippen LogP contribution in [0.25, 0.3) is 11.1 Å². The van der Waals surface area contributed by atoms with Crippen molar-refractivity contribution in [1.29, 1.82) is 0 Å². The highest BCUT2D eigenvalue weighted by molar-refractivity contribution is 8.00. The number of unbranched alkanes of at least 4 members (excludes halogenated alkanes) is 1. The number of hydrogen-bond donors (Lipinski definition) is 0. The zero-order valence-electron chi connectivity index (χ0n) is 18.1. The average Bonchev–Trinajstić information content (AvgIpc) is 2.76. The Hall–Kier alpha value is -2.47.